The molecule has 7 nitrogen and oxygen atoms in total. The van der Waals surface area contributed by atoms with Crippen LogP contribution in [0.5, 0.6) is 5.75 Å². The SMILES string of the molecule is COc1cccc(Cl)c1C(=O)NC(CCCNC(=N)CF)c1ncc(-c2ccc(Cl)cc2)o1. The summed E-state index contributed by atoms with van der Waals surface area (Å²) in [5, 5.41) is 13.8. The zero-order chi connectivity index (χ0) is 23.8. The molecule has 0 aliphatic heterocycles. The lowest BCUT2D eigenvalue weighted by atomic mass is 10.1. The Kier molecular flexibility index (Phi) is 8.68. The fourth-order valence-corrected chi connectivity index (χ4v) is 3.55. The molecule has 0 saturated heterocycles. The van der Waals surface area contributed by atoms with Crippen LogP contribution in [0.25, 0.3) is 11.3 Å². The molecule has 0 bridgehead atoms. The third-order valence-electron chi connectivity index (χ3n) is 4.82. The number of rotatable bonds is 10. The van der Waals surface area contributed by atoms with Gasteiger partial charge in [-0.25, -0.2) is 9.37 Å². The maximum Gasteiger partial charge on any atom is 0.257 e. The van der Waals surface area contributed by atoms with Crippen LogP contribution >= 0.6 is 23.2 Å². The van der Waals surface area contributed by atoms with Gasteiger partial charge in [-0.1, -0.05) is 29.3 Å². The Morgan fingerprint density at radius 3 is 2.70 bits per heavy atom. The molecule has 174 valence electrons. The van der Waals surface area contributed by atoms with Crippen LogP contribution in [-0.4, -0.2) is 37.1 Å². The van der Waals surface area contributed by atoms with E-state index in [1.54, 1.807) is 48.7 Å². The number of oxazole rings is 1. The first-order valence-corrected chi connectivity index (χ1v) is 10.9. The molecule has 2 aromatic carbocycles. The van der Waals surface area contributed by atoms with Gasteiger partial charge in [-0.3, -0.25) is 10.2 Å². The zero-order valence-corrected chi connectivity index (χ0v) is 19.3. The van der Waals surface area contributed by atoms with Crippen LogP contribution in [0.15, 0.2) is 53.1 Å². The number of hydrogen-bond donors (Lipinski definition) is 3. The first kappa shape index (κ1) is 24.5. The van der Waals surface area contributed by atoms with Crippen molar-refractivity contribution in [3.63, 3.8) is 0 Å². The second kappa shape index (κ2) is 11.7. The van der Waals surface area contributed by atoms with Gasteiger partial charge in [-0.05, 0) is 49.2 Å². The normalized spacial score (nSPS) is 11.6. The van der Waals surface area contributed by atoms with Crippen molar-refractivity contribution >= 4 is 34.9 Å². The average molecular weight is 493 g/mol. The van der Waals surface area contributed by atoms with E-state index < -0.39 is 18.6 Å². The van der Waals surface area contributed by atoms with Crippen molar-refractivity contribution in [1.82, 2.24) is 15.6 Å². The number of carbonyl (C=O) groups excluding carboxylic acids is 1. The van der Waals surface area contributed by atoms with Crippen molar-refractivity contribution in [3.05, 3.63) is 70.2 Å². The van der Waals surface area contributed by atoms with Gasteiger partial charge in [0.05, 0.1) is 23.9 Å². The van der Waals surface area contributed by atoms with Crippen LogP contribution in [-0.2, 0) is 0 Å². The lowest BCUT2D eigenvalue weighted by molar-refractivity contribution is 0.0924. The number of nitrogens with one attached hydrogen (secondary N) is 3. The molecule has 1 aromatic heterocycles. The van der Waals surface area contributed by atoms with Crippen molar-refractivity contribution in [2.24, 2.45) is 0 Å². The molecule has 0 saturated carbocycles. The predicted molar refractivity (Wildman–Crippen MR) is 126 cm³/mol. The lowest BCUT2D eigenvalue weighted by Gasteiger charge is -2.18. The fraction of sp³-hybridized carbons (Fsp3) is 0.261. The van der Waals surface area contributed by atoms with Crippen molar-refractivity contribution in [2.75, 3.05) is 20.3 Å². The fourth-order valence-electron chi connectivity index (χ4n) is 3.17. The highest BCUT2D eigenvalue weighted by molar-refractivity contribution is 6.34. The number of carbonyl (C=O) groups is 1. The Hall–Kier alpha value is -3.10. The number of amidine groups is 1. The minimum atomic E-state index is -0.864. The summed E-state index contributed by atoms with van der Waals surface area (Å²) in [6, 6.07) is 11.4. The molecule has 10 heteroatoms. The monoisotopic (exact) mass is 492 g/mol. The van der Waals surface area contributed by atoms with Crippen LogP contribution in [0, 0.1) is 5.41 Å². The minimum Gasteiger partial charge on any atom is -0.496 e. The van der Waals surface area contributed by atoms with Gasteiger partial charge in [0.1, 0.15) is 24.3 Å². The number of amides is 1. The molecule has 33 heavy (non-hydrogen) atoms. The number of methoxy groups -OCH3 is 1. The first-order valence-electron chi connectivity index (χ1n) is 10.1. The number of halogens is 3. The minimum absolute atomic E-state index is 0.197. The van der Waals surface area contributed by atoms with E-state index in [1.807, 2.05) is 0 Å². The molecule has 0 spiro atoms. The average Bonchev–Trinajstić information content (AvgIpc) is 3.31. The van der Waals surface area contributed by atoms with Gasteiger partial charge in [0.2, 0.25) is 5.89 Å². The van der Waals surface area contributed by atoms with E-state index in [0.717, 1.165) is 5.56 Å². The van der Waals surface area contributed by atoms with Gasteiger partial charge in [0.15, 0.2) is 5.76 Å². The summed E-state index contributed by atoms with van der Waals surface area (Å²) in [6.07, 6.45) is 2.52. The highest BCUT2D eigenvalue weighted by Crippen LogP contribution is 2.29. The van der Waals surface area contributed by atoms with Crippen LogP contribution in [0.3, 0.4) is 0 Å². The topological polar surface area (TPSA) is 100 Å². The molecule has 0 aliphatic rings. The van der Waals surface area contributed by atoms with Gasteiger partial charge in [-0.2, -0.15) is 0 Å². The standard InChI is InChI=1S/C23H23Cl2FN4O3/c1-32-18-6-2-4-16(25)21(18)22(31)30-17(5-3-11-28-20(27)12-26)23-29-13-19(33-23)14-7-9-15(24)10-8-14/h2,4,6-10,13,17H,3,5,11-12H2,1H3,(H2,27,28)(H,30,31). The third kappa shape index (κ3) is 6.46. The van der Waals surface area contributed by atoms with E-state index in [1.165, 1.54) is 7.11 Å². The molecule has 3 aromatic rings. The van der Waals surface area contributed by atoms with Crippen molar-refractivity contribution in [2.45, 2.75) is 18.9 Å². The second-order valence-corrected chi connectivity index (χ2v) is 7.94. The van der Waals surface area contributed by atoms with Crippen LogP contribution in [0.1, 0.15) is 35.1 Å². The Balaban J connectivity index is 1.81. The molecule has 1 atom stereocenters. The number of nitrogens with zero attached hydrogens (tertiary/aromatic N) is 1. The molecule has 3 N–H and O–H groups in total. The number of alkyl halides is 1. The molecule has 1 amide bonds. The summed E-state index contributed by atoms with van der Waals surface area (Å²) in [7, 11) is 1.46. The summed E-state index contributed by atoms with van der Waals surface area (Å²) in [5.41, 5.74) is 0.988. The van der Waals surface area contributed by atoms with Crippen molar-refractivity contribution < 1.29 is 18.3 Å². The zero-order valence-electron chi connectivity index (χ0n) is 17.8. The van der Waals surface area contributed by atoms with Gasteiger partial charge in [0, 0.05) is 17.1 Å². The molecular formula is C23H23Cl2FN4O3. The van der Waals surface area contributed by atoms with Crippen molar-refractivity contribution in [1.29, 1.82) is 5.41 Å². The Labute approximate surface area is 200 Å². The Morgan fingerprint density at radius 2 is 2.00 bits per heavy atom. The molecule has 3 rings (SSSR count). The molecule has 0 radical (unpaired) electrons. The van der Waals surface area contributed by atoms with Gasteiger partial charge >= 0.3 is 0 Å². The maximum absolute atomic E-state index is 13.1. The molecule has 0 aliphatic carbocycles. The van der Waals surface area contributed by atoms with E-state index in [2.05, 4.69) is 15.6 Å². The quantitative estimate of drug-likeness (QED) is 0.198. The van der Waals surface area contributed by atoms with E-state index in [9.17, 15) is 9.18 Å². The Morgan fingerprint density at radius 1 is 1.24 bits per heavy atom. The van der Waals surface area contributed by atoms with E-state index in [4.69, 9.17) is 37.8 Å². The van der Waals surface area contributed by atoms with Gasteiger partial charge in [0.25, 0.3) is 5.91 Å². The molecule has 1 unspecified atom stereocenters. The lowest BCUT2D eigenvalue weighted by Crippen LogP contribution is -2.31. The van der Waals surface area contributed by atoms with E-state index >= 15 is 0 Å². The van der Waals surface area contributed by atoms with E-state index in [0.29, 0.717) is 41.8 Å². The number of aromatic nitrogens is 1. The molecule has 1 heterocycles. The summed E-state index contributed by atoms with van der Waals surface area (Å²) >= 11 is 12.2. The summed E-state index contributed by atoms with van der Waals surface area (Å²) < 4.78 is 23.7. The number of hydrogen-bond acceptors (Lipinski definition) is 5. The smallest absolute Gasteiger partial charge is 0.257 e. The highest BCUT2D eigenvalue weighted by atomic mass is 35.5. The number of benzene rings is 2. The summed E-state index contributed by atoms with van der Waals surface area (Å²) in [6.45, 7) is -0.508. The summed E-state index contributed by atoms with van der Waals surface area (Å²) in [5.74, 6) is 0.523. The molecule has 0 fully saturated rings. The van der Waals surface area contributed by atoms with Gasteiger partial charge < -0.3 is 19.8 Å². The van der Waals surface area contributed by atoms with Crippen LogP contribution in [0.4, 0.5) is 4.39 Å². The van der Waals surface area contributed by atoms with Gasteiger partial charge in [-0.15, -0.1) is 0 Å². The van der Waals surface area contributed by atoms with Crippen molar-refractivity contribution in [3.8, 4) is 17.1 Å². The second-order valence-electron chi connectivity index (χ2n) is 7.09. The van der Waals surface area contributed by atoms with E-state index in [-0.39, 0.29) is 16.4 Å². The summed E-state index contributed by atoms with van der Waals surface area (Å²) in [4.78, 5) is 17.4. The van der Waals surface area contributed by atoms with Crippen LogP contribution < -0.4 is 15.4 Å². The van der Waals surface area contributed by atoms with Crippen LogP contribution in [0.2, 0.25) is 10.0 Å². The number of ether oxygens (including phenoxy) is 1. The predicted octanol–water partition coefficient (Wildman–Crippen LogP) is 5.44. The third-order valence-corrected chi connectivity index (χ3v) is 5.39. The first-order chi connectivity index (χ1) is 15.9. The highest BCUT2D eigenvalue weighted by Gasteiger charge is 2.24. The Bertz CT molecular complexity index is 1110. The largest absolute Gasteiger partial charge is 0.496 e. The maximum atomic E-state index is 13.1. The molecular weight excluding hydrogens is 470 g/mol.